The molecule has 0 bridgehead atoms. The van der Waals surface area contributed by atoms with Gasteiger partial charge in [-0.3, -0.25) is 0 Å². The summed E-state index contributed by atoms with van der Waals surface area (Å²) in [5.41, 5.74) is 1.82. The number of ether oxygens (including phenoxy) is 4. The molecular weight excluding hydrogens is 612 g/mol. The second-order valence-electron chi connectivity index (χ2n) is 11.4. The van der Waals surface area contributed by atoms with Crippen LogP contribution in [0.4, 0.5) is 0 Å². The van der Waals surface area contributed by atoms with Crippen molar-refractivity contribution in [3.63, 3.8) is 0 Å². The summed E-state index contributed by atoms with van der Waals surface area (Å²) in [6, 6.07) is 10.1. The van der Waals surface area contributed by atoms with Gasteiger partial charge in [-0.1, -0.05) is 25.0 Å². The molecule has 0 amide bonds. The molecular formula is C30H46N2O10S2. The summed E-state index contributed by atoms with van der Waals surface area (Å²) in [6.07, 6.45) is 9.24. The SMILES string of the molecule is COCOc1ccc(C2CCCC(NS(C)(=O)=O)C2)c(OCOC)c1.CS(=O)(=O)NC1CCCC(c2ccc(O)cc2O)C1. The Balaban J connectivity index is 0.000000249. The Labute approximate surface area is 261 Å². The van der Waals surface area contributed by atoms with Crippen LogP contribution in [-0.2, 0) is 29.5 Å². The molecule has 0 saturated heterocycles. The predicted molar refractivity (Wildman–Crippen MR) is 167 cm³/mol. The van der Waals surface area contributed by atoms with Gasteiger partial charge in [0, 0.05) is 38.4 Å². The summed E-state index contributed by atoms with van der Waals surface area (Å²) in [5.74, 6) is 1.79. The molecule has 2 aliphatic carbocycles. The summed E-state index contributed by atoms with van der Waals surface area (Å²) < 4.78 is 72.0. The minimum atomic E-state index is -3.21. The first-order valence-electron chi connectivity index (χ1n) is 14.6. The number of nitrogens with one attached hydrogen (secondary N) is 2. The number of hydrogen-bond acceptors (Lipinski definition) is 10. The third-order valence-electron chi connectivity index (χ3n) is 7.66. The molecule has 2 fully saturated rings. The average Bonchev–Trinajstić information content (AvgIpc) is 2.94. The number of hydrogen-bond donors (Lipinski definition) is 4. The van der Waals surface area contributed by atoms with Crippen LogP contribution in [0.15, 0.2) is 36.4 Å². The van der Waals surface area contributed by atoms with E-state index in [9.17, 15) is 27.0 Å². The number of aromatic hydroxyl groups is 2. The number of rotatable bonds is 12. The maximum Gasteiger partial charge on any atom is 0.208 e. The highest BCUT2D eigenvalue weighted by atomic mass is 32.2. The Morgan fingerprint density at radius 1 is 0.727 bits per heavy atom. The van der Waals surface area contributed by atoms with Crippen LogP contribution in [0, 0.1) is 0 Å². The van der Waals surface area contributed by atoms with Gasteiger partial charge in [-0.2, -0.15) is 0 Å². The normalized spacial score (nSPS) is 22.5. The molecule has 0 radical (unpaired) electrons. The van der Waals surface area contributed by atoms with Crippen LogP contribution < -0.4 is 18.9 Å². The number of methoxy groups -OCH3 is 2. The topological polar surface area (TPSA) is 170 Å². The van der Waals surface area contributed by atoms with E-state index < -0.39 is 20.0 Å². The molecule has 4 unspecified atom stereocenters. The molecule has 14 heteroatoms. The third-order valence-corrected chi connectivity index (χ3v) is 9.19. The molecule has 4 atom stereocenters. The van der Waals surface area contributed by atoms with Crippen molar-refractivity contribution in [1.29, 1.82) is 0 Å². The van der Waals surface area contributed by atoms with E-state index in [0.717, 1.165) is 62.3 Å². The zero-order chi connectivity index (χ0) is 32.3. The fourth-order valence-corrected chi connectivity index (χ4v) is 7.60. The van der Waals surface area contributed by atoms with E-state index in [1.807, 2.05) is 18.2 Å². The lowest BCUT2D eigenvalue weighted by Crippen LogP contribution is -2.37. The lowest BCUT2D eigenvalue weighted by molar-refractivity contribution is 0.0453. The predicted octanol–water partition coefficient (Wildman–Crippen LogP) is 3.90. The first-order valence-corrected chi connectivity index (χ1v) is 18.4. The number of phenols is 2. The minimum absolute atomic E-state index is 0.0304. The van der Waals surface area contributed by atoms with Gasteiger partial charge in [0.25, 0.3) is 0 Å². The first kappa shape index (κ1) is 35.9. The molecule has 0 spiro atoms. The third kappa shape index (κ3) is 12.1. The smallest absolute Gasteiger partial charge is 0.208 e. The van der Waals surface area contributed by atoms with Crippen molar-refractivity contribution in [1.82, 2.24) is 9.44 Å². The van der Waals surface area contributed by atoms with Crippen molar-refractivity contribution < 1.29 is 46.0 Å². The van der Waals surface area contributed by atoms with E-state index in [0.29, 0.717) is 17.9 Å². The van der Waals surface area contributed by atoms with Gasteiger partial charge in [0.05, 0.1) is 12.5 Å². The van der Waals surface area contributed by atoms with Crippen molar-refractivity contribution in [3.05, 3.63) is 47.5 Å². The molecule has 2 aromatic rings. The number of sulfonamides is 2. The summed E-state index contributed by atoms with van der Waals surface area (Å²) in [7, 11) is -3.27. The van der Waals surface area contributed by atoms with Gasteiger partial charge in [-0.05, 0) is 73.6 Å². The summed E-state index contributed by atoms with van der Waals surface area (Å²) in [4.78, 5) is 0. The minimum Gasteiger partial charge on any atom is -0.508 e. The number of phenolic OH excluding ortho intramolecular Hbond substituents is 2. The lowest BCUT2D eigenvalue weighted by Gasteiger charge is -2.30. The van der Waals surface area contributed by atoms with E-state index in [1.54, 1.807) is 26.4 Å². The second kappa shape index (κ2) is 16.6. The van der Waals surface area contributed by atoms with Gasteiger partial charge < -0.3 is 29.2 Å². The van der Waals surface area contributed by atoms with Crippen molar-refractivity contribution in [3.8, 4) is 23.0 Å². The van der Waals surface area contributed by atoms with Crippen LogP contribution in [0.5, 0.6) is 23.0 Å². The summed E-state index contributed by atoms with van der Waals surface area (Å²) in [5, 5.41) is 19.2. The van der Waals surface area contributed by atoms with Crippen LogP contribution in [0.1, 0.15) is 74.3 Å². The summed E-state index contributed by atoms with van der Waals surface area (Å²) in [6.45, 7) is 0.297. The van der Waals surface area contributed by atoms with E-state index in [1.165, 1.54) is 12.3 Å². The van der Waals surface area contributed by atoms with Crippen molar-refractivity contribution in [2.24, 2.45) is 0 Å². The Morgan fingerprint density at radius 3 is 1.77 bits per heavy atom. The molecule has 248 valence electrons. The van der Waals surface area contributed by atoms with Gasteiger partial charge in [0.2, 0.25) is 20.0 Å². The summed E-state index contributed by atoms with van der Waals surface area (Å²) >= 11 is 0. The zero-order valence-corrected chi connectivity index (χ0v) is 27.5. The zero-order valence-electron chi connectivity index (χ0n) is 25.8. The van der Waals surface area contributed by atoms with Crippen molar-refractivity contribution in [2.75, 3.05) is 40.3 Å². The van der Waals surface area contributed by atoms with Gasteiger partial charge >= 0.3 is 0 Å². The maximum absolute atomic E-state index is 11.5. The van der Waals surface area contributed by atoms with Crippen molar-refractivity contribution in [2.45, 2.75) is 75.3 Å². The molecule has 4 rings (SSSR count). The molecule has 12 nitrogen and oxygen atoms in total. The molecule has 0 aliphatic heterocycles. The standard InChI is InChI=1S/C17H27NO6S.C13H19NO4S/c1-21-11-23-15-7-8-16(17(10-15)24-12-22-2)13-5-4-6-14(9-13)18-25(3,19)20;1-19(17,18)14-10-4-2-3-9(7-10)12-6-5-11(15)8-13(12)16/h7-8,10,13-14,18H,4-6,9,11-12H2,1-3H3;5-6,8-10,14-16H,2-4,7H2,1H3. The van der Waals surface area contributed by atoms with E-state index in [4.69, 9.17) is 18.9 Å². The van der Waals surface area contributed by atoms with Crippen molar-refractivity contribution >= 4 is 20.0 Å². The molecule has 0 aromatic heterocycles. The lowest BCUT2D eigenvalue weighted by atomic mass is 9.81. The highest BCUT2D eigenvalue weighted by molar-refractivity contribution is 7.89. The number of benzene rings is 2. The average molecular weight is 659 g/mol. The monoisotopic (exact) mass is 658 g/mol. The molecule has 2 aliphatic rings. The Morgan fingerprint density at radius 2 is 1.25 bits per heavy atom. The van der Waals surface area contributed by atoms with Gasteiger partial charge in [0.1, 0.15) is 23.0 Å². The first-order chi connectivity index (χ1) is 20.8. The van der Waals surface area contributed by atoms with Crippen LogP contribution in [0.2, 0.25) is 0 Å². The second-order valence-corrected chi connectivity index (χ2v) is 15.0. The van der Waals surface area contributed by atoms with Gasteiger partial charge in [-0.25, -0.2) is 26.3 Å². The van der Waals surface area contributed by atoms with Crippen LogP contribution in [0.3, 0.4) is 0 Å². The largest absolute Gasteiger partial charge is 0.508 e. The maximum atomic E-state index is 11.5. The highest BCUT2D eigenvalue weighted by Gasteiger charge is 2.28. The highest BCUT2D eigenvalue weighted by Crippen LogP contribution is 2.40. The Hall–Kier alpha value is -2.62. The van der Waals surface area contributed by atoms with Gasteiger partial charge in [-0.15, -0.1) is 0 Å². The van der Waals surface area contributed by atoms with Gasteiger partial charge in [0.15, 0.2) is 13.6 Å². The fourth-order valence-electron chi connectivity index (χ4n) is 5.96. The van der Waals surface area contributed by atoms with E-state index in [-0.39, 0.29) is 49.0 Å². The fraction of sp³-hybridized carbons (Fsp3) is 0.600. The van der Waals surface area contributed by atoms with Crippen LogP contribution >= 0.6 is 0 Å². The van der Waals surface area contributed by atoms with Crippen LogP contribution in [0.25, 0.3) is 0 Å². The molecule has 2 aromatic carbocycles. The molecule has 2 saturated carbocycles. The molecule has 0 heterocycles. The molecule has 44 heavy (non-hydrogen) atoms. The van der Waals surface area contributed by atoms with E-state index >= 15 is 0 Å². The van der Waals surface area contributed by atoms with E-state index in [2.05, 4.69) is 9.44 Å². The molecule has 4 N–H and O–H groups in total. The van der Waals surface area contributed by atoms with Crippen LogP contribution in [-0.4, -0.2) is 79.4 Å². The Kier molecular flexibility index (Phi) is 13.5. The Bertz CT molecular complexity index is 1420. The quantitative estimate of drug-likeness (QED) is 0.245.